The highest BCUT2D eigenvalue weighted by Gasteiger charge is 2.42. The molecule has 1 atom stereocenters. The second-order valence-corrected chi connectivity index (χ2v) is 13.1. The highest BCUT2D eigenvalue weighted by Crippen LogP contribution is 2.55. The molecule has 0 fully saturated rings. The van der Waals surface area contributed by atoms with Crippen LogP contribution in [0.15, 0.2) is 138 Å². The fourth-order valence-electron chi connectivity index (χ4n) is 6.77. The van der Waals surface area contributed by atoms with E-state index in [-0.39, 0.29) is 0 Å². The summed E-state index contributed by atoms with van der Waals surface area (Å²) in [4.78, 5) is 0. The number of para-hydroxylation sites is 2. The number of nitrogens with zero attached hydrogens (tertiary/aromatic N) is 1. The van der Waals surface area contributed by atoms with Gasteiger partial charge in [-0.15, -0.1) is 0 Å². The van der Waals surface area contributed by atoms with Gasteiger partial charge in [0.15, 0.2) is 7.14 Å². The number of rotatable bonds is 2. The lowest BCUT2D eigenvalue weighted by Crippen LogP contribution is -2.22. The minimum Gasteiger partial charge on any atom is -0.456 e. The van der Waals surface area contributed by atoms with Crippen molar-refractivity contribution in [1.82, 2.24) is 4.57 Å². The Hall–Kier alpha value is -4.85. The molecule has 0 saturated carbocycles. The molecule has 40 heavy (non-hydrogen) atoms. The van der Waals surface area contributed by atoms with Crippen molar-refractivity contribution in [1.29, 1.82) is 0 Å². The van der Waals surface area contributed by atoms with E-state index in [9.17, 15) is 0 Å². The van der Waals surface area contributed by atoms with Crippen molar-refractivity contribution in [2.45, 2.75) is 0 Å². The zero-order valence-electron chi connectivity index (χ0n) is 21.4. The van der Waals surface area contributed by atoms with E-state index in [1.807, 2.05) is 66.7 Å². The summed E-state index contributed by atoms with van der Waals surface area (Å²) < 4.78 is 24.4. The normalized spacial score (nSPS) is 16.2. The third-order valence-electron chi connectivity index (χ3n) is 8.40. The molecule has 4 heteroatoms. The van der Waals surface area contributed by atoms with E-state index in [1.165, 1.54) is 0 Å². The maximum absolute atomic E-state index is 15.7. The number of benzene rings is 6. The van der Waals surface area contributed by atoms with Gasteiger partial charge < -0.3 is 13.5 Å². The maximum Gasteiger partial charge on any atom is 0.174 e. The molecule has 0 aliphatic carbocycles. The molecule has 8 aromatic rings. The van der Waals surface area contributed by atoms with Crippen LogP contribution in [0.3, 0.4) is 0 Å². The van der Waals surface area contributed by atoms with Crippen LogP contribution >= 0.6 is 7.14 Å². The van der Waals surface area contributed by atoms with Crippen LogP contribution in [0, 0.1) is 0 Å². The van der Waals surface area contributed by atoms with E-state index in [0.717, 1.165) is 76.5 Å². The lowest BCUT2D eigenvalue weighted by atomic mass is 10.0. The summed E-state index contributed by atoms with van der Waals surface area (Å²) in [6.45, 7) is 0. The number of hydrogen-bond acceptors (Lipinski definition) is 2. The summed E-state index contributed by atoms with van der Waals surface area (Å²) in [5.74, 6) is 0. The van der Waals surface area contributed by atoms with Gasteiger partial charge in [0.25, 0.3) is 0 Å². The SMILES string of the molecule is O=P1(c2ccccc2)c2ccccc2-c2ccc3c4ccccc4n(-c4cccc5oc6ccccc6c45)c3c21. The second-order valence-electron chi connectivity index (χ2n) is 10.4. The standard InChI is InChI=1S/C36H22NO2P/c38-40(23-11-2-1-3-12-23)33-20-9-6-14-25(33)27-22-21-26-24-13-4-7-16-29(24)37(35(26)36(27)40)30-17-10-19-32-34(30)28-15-5-8-18-31(28)39-32/h1-22H. The highest BCUT2D eigenvalue weighted by atomic mass is 31.2. The van der Waals surface area contributed by atoms with E-state index in [2.05, 4.69) is 71.3 Å². The van der Waals surface area contributed by atoms with Gasteiger partial charge >= 0.3 is 0 Å². The lowest BCUT2D eigenvalue weighted by Gasteiger charge is -2.19. The van der Waals surface area contributed by atoms with Crippen LogP contribution in [0.2, 0.25) is 0 Å². The summed E-state index contributed by atoms with van der Waals surface area (Å²) in [6.07, 6.45) is 0. The Morgan fingerprint density at radius 1 is 0.550 bits per heavy atom. The van der Waals surface area contributed by atoms with Crippen LogP contribution in [0.25, 0.3) is 60.6 Å². The summed E-state index contributed by atoms with van der Waals surface area (Å²) >= 11 is 0. The molecule has 0 spiro atoms. The number of hydrogen-bond donors (Lipinski definition) is 0. The molecule has 0 radical (unpaired) electrons. The van der Waals surface area contributed by atoms with Gasteiger partial charge in [-0.1, -0.05) is 109 Å². The maximum atomic E-state index is 15.7. The minimum absolute atomic E-state index is 0.840. The molecule has 3 heterocycles. The third kappa shape index (κ3) is 2.68. The Morgan fingerprint density at radius 3 is 2.17 bits per heavy atom. The number of furan rings is 1. The molecule has 9 rings (SSSR count). The van der Waals surface area contributed by atoms with Crippen LogP contribution in [-0.4, -0.2) is 4.57 Å². The van der Waals surface area contributed by atoms with Gasteiger partial charge in [-0.05, 0) is 35.4 Å². The largest absolute Gasteiger partial charge is 0.456 e. The summed E-state index contributed by atoms with van der Waals surface area (Å²) in [7, 11) is -3.19. The van der Waals surface area contributed by atoms with Gasteiger partial charge in [0.2, 0.25) is 0 Å². The zero-order chi connectivity index (χ0) is 26.4. The van der Waals surface area contributed by atoms with Crippen molar-refractivity contribution in [3.05, 3.63) is 133 Å². The zero-order valence-corrected chi connectivity index (χ0v) is 22.3. The van der Waals surface area contributed by atoms with Crippen molar-refractivity contribution < 1.29 is 8.98 Å². The average molecular weight is 532 g/mol. The second kappa shape index (κ2) is 7.85. The van der Waals surface area contributed by atoms with Crippen LogP contribution < -0.4 is 15.9 Å². The van der Waals surface area contributed by atoms with Gasteiger partial charge in [0.05, 0.1) is 27.4 Å². The predicted molar refractivity (Wildman–Crippen MR) is 166 cm³/mol. The first-order valence-corrected chi connectivity index (χ1v) is 15.2. The van der Waals surface area contributed by atoms with Crippen LogP contribution in [0.5, 0.6) is 0 Å². The van der Waals surface area contributed by atoms with Crippen LogP contribution in [-0.2, 0) is 4.57 Å². The predicted octanol–water partition coefficient (Wildman–Crippen LogP) is 8.30. The Morgan fingerprint density at radius 2 is 1.27 bits per heavy atom. The fraction of sp³-hybridized carbons (Fsp3) is 0. The van der Waals surface area contributed by atoms with Gasteiger partial charge in [0.1, 0.15) is 11.2 Å². The molecule has 6 aromatic carbocycles. The third-order valence-corrected chi connectivity index (χ3v) is 11.6. The van der Waals surface area contributed by atoms with Crippen molar-refractivity contribution in [3.8, 4) is 16.8 Å². The van der Waals surface area contributed by atoms with Crippen molar-refractivity contribution in [2.75, 3.05) is 0 Å². The van der Waals surface area contributed by atoms with E-state index < -0.39 is 7.14 Å². The molecule has 0 N–H and O–H groups in total. The monoisotopic (exact) mass is 531 g/mol. The molecule has 0 amide bonds. The number of fused-ring (bicyclic) bond motifs is 10. The quantitative estimate of drug-likeness (QED) is 0.210. The van der Waals surface area contributed by atoms with E-state index in [4.69, 9.17) is 4.42 Å². The first-order chi connectivity index (χ1) is 19.7. The van der Waals surface area contributed by atoms with Crippen LogP contribution in [0.1, 0.15) is 0 Å². The van der Waals surface area contributed by atoms with Gasteiger partial charge in [-0.25, -0.2) is 0 Å². The minimum atomic E-state index is -3.19. The summed E-state index contributed by atoms with van der Waals surface area (Å²) in [5.41, 5.74) is 6.90. The summed E-state index contributed by atoms with van der Waals surface area (Å²) in [5, 5.41) is 7.05. The Kier molecular flexibility index (Phi) is 4.32. The molecule has 0 bridgehead atoms. The number of aromatic nitrogens is 1. The smallest absolute Gasteiger partial charge is 0.174 e. The molecule has 1 aliphatic rings. The molecule has 3 nitrogen and oxygen atoms in total. The molecule has 1 aliphatic heterocycles. The van der Waals surface area contributed by atoms with E-state index in [1.54, 1.807) is 0 Å². The molecule has 1 unspecified atom stereocenters. The molecular formula is C36H22NO2P. The molecule has 2 aromatic heterocycles. The van der Waals surface area contributed by atoms with Gasteiger partial charge in [-0.3, -0.25) is 0 Å². The topological polar surface area (TPSA) is 35.1 Å². The molecule has 188 valence electrons. The highest BCUT2D eigenvalue weighted by molar-refractivity contribution is 7.86. The summed E-state index contributed by atoms with van der Waals surface area (Å²) in [6, 6.07) is 45.5. The molecule has 0 saturated heterocycles. The fourth-order valence-corrected chi connectivity index (χ4v) is 10.0. The first-order valence-electron chi connectivity index (χ1n) is 13.5. The van der Waals surface area contributed by atoms with Crippen molar-refractivity contribution >= 4 is 66.8 Å². The van der Waals surface area contributed by atoms with Crippen LogP contribution in [0.4, 0.5) is 0 Å². The first kappa shape index (κ1) is 22.0. The van der Waals surface area contributed by atoms with Gasteiger partial charge in [0, 0.05) is 26.8 Å². The Bertz CT molecular complexity index is 2360. The molecular weight excluding hydrogens is 509 g/mol. The Balaban J connectivity index is 1.53. The van der Waals surface area contributed by atoms with Gasteiger partial charge in [-0.2, -0.15) is 0 Å². The average Bonchev–Trinajstić information content (AvgIpc) is 3.64. The van der Waals surface area contributed by atoms with Crippen molar-refractivity contribution in [2.24, 2.45) is 0 Å². The van der Waals surface area contributed by atoms with E-state index >= 15 is 4.57 Å². The lowest BCUT2D eigenvalue weighted by molar-refractivity contribution is 0.593. The van der Waals surface area contributed by atoms with Crippen molar-refractivity contribution in [3.63, 3.8) is 0 Å². The van der Waals surface area contributed by atoms with E-state index in [0.29, 0.717) is 0 Å². The Labute approximate surface area is 230 Å².